The van der Waals surface area contributed by atoms with Gasteiger partial charge in [-0.3, -0.25) is 37.3 Å². The van der Waals surface area contributed by atoms with Crippen molar-refractivity contribution < 1.29 is 80.2 Å². The highest BCUT2D eigenvalue weighted by Crippen LogP contribution is 2.45. The maximum atomic E-state index is 13.2. The standard InChI is InChI=1S/C90H176O17P2/c1-8-10-11-12-13-14-15-26-36-43-50-57-64-71-87(92)100-77-85(107-90(95)74-67-60-53-46-39-32-25-24-29-35-42-49-56-63-70-83(7)9-2)79-104-108(96,97)102-75-84(91)76-103-109(98,99)105-80-86(106-89(94)73-66-59-52-45-38-31-23-19-17-21-28-34-41-48-55-62-69-82(5)6)78-101-88(93)72-65-58-51-44-37-30-22-18-16-20-27-33-40-47-54-61-68-81(3)4/h81-86,91H,8-80H2,1-7H3,(H,96,97)(H,98,99)/t83?,84-,85+,86+/m0/s1. The van der Waals surface area contributed by atoms with Crippen LogP contribution in [0.2, 0.25) is 0 Å². The highest BCUT2D eigenvalue weighted by atomic mass is 31.2. The second kappa shape index (κ2) is 79.9. The SMILES string of the molecule is CCCCCCCCCCCCCCCC(=O)OC[C@H](COP(=O)(O)OC[C@H](O)COP(=O)(O)OC[C@@H](COC(=O)CCCCCCCCCCCCCCCCCCC(C)C)OC(=O)CCCCCCCCCCCCCCCCCCC(C)C)OC(=O)CCCCCCCCCCCCCCCCC(C)CC. The van der Waals surface area contributed by atoms with Crippen molar-refractivity contribution in [3.05, 3.63) is 0 Å². The largest absolute Gasteiger partial charge is 0.472 e. The van der Waals surface area contributed by atoms with E-state index < -0.39 is 97.5 Å². The topological polar surface area (TPSA) is 237 Å². The molecule has 3 N–H and O–H groups in total. The number of carbonyl (C=O) groups excluding carboxylic acids is 4. The molecule has 0 fully saturated rings. The molecule has 0 saturated heterocycles. The van der Waals surface area contributed by atoms with Crippen LogP contribution < -0.4 is 0 Å². The van der Waals surface area contributed by atoms with Crippen LogP contribution in [0.25, 0.3) is 0 Å². The number of unbranched alkanes of at least 4 members (excludes halogenated alkanes) is 55. The lowest BCUT2D eigenvalue weighted by atomic mass is 9.99. The Kier molecular flexibility index (Phi) is 78.5. The number of ether oxygens (including phenoxy) is 4. The third-order valence-electron chi connectivity index (χ3n) is 21.5. The van der Waals surface area contributed by atoms with Gasteiger partial charge in [-0.1, -0.05) is 427 Å². The average molecular weight is 1590 g/mol. The summed E-state index contributed by atoms with van der Waals surface area (Å²) in [7, 11) is -9.94. The van der Waals surface area contributed by atoms with Gasteiger partial charge in [-0.15, -0.1) is 0 Å². The molecule has 0 aliphatic carbocycles. The number of esters is 4. The first kappa shape index (κ1) is 107. The smallest absolute Gasteiger partial charge is 0.462 e. The summed E-state index contributed by atoms with van der Waals surface area (Å²) < 4.78 is 69.1. The Morgan fingerprint density at radius 1 is 0.266 bits per heavy atom. The Hall–Kier alpha value is -1.94. The van der Waals surface area contributed by atoms with E-state index in [1.165, 1.54) is 289 Å². The Morgan fingerprint density at radius 3 is 0.697 bits per heavy atom. The van der Waals surface area contributed by atoms with E-state index in [4.69, 9.17) is 37.0 Å². The van der Waals surface area contributed by atoms with Gasteiger partial charge in [0.2, 0.25) is 0 Å². The van der Waals surface area contributed by atoms with Gasteiger partial charge in [0, 0.05) is 25.7 Å². The van der Waals surface area contributed by atoms with Crippen molar-refractivity contribution in [1.82, 2.24) is 0 Å². The summed E-state index contributed by atoms with van der Waals surface area (Å²) >= 11 is 0. The molecule has 3 unspecified atom stereocenters. The van der Waals surface area contributed by atoms with Gasteiger partial charge in [0.25, 0.3) is 0 Å². The van der Waals surface area contributed by atoms with E-state index in [1.807, 2.05) is 0 Å². The summed E-state index contributed by atoms with van der Waals surface area (Å²) in [6.07, 6.45) is 72.0. The third-order valence-corrected chi connectivity index (χ3v) is 23.4. The van der Waals surface area contributed by atoms with Crippen LogP contribution >= 0.6 is 15.6 Å². The van der Waals surface area contributed by atoms with Crippen LogP contribution in [0, 0.1) is 17.8 Å². The monoisotopic (exact) mass is 1590 g/mol. The zero-order valence-corrected chi connectivity index (χ0v) is 73.8. The first-order valence-corrected chi connectivity index (χ1v) is 49.4. The van der Waals surface area contributed by atoms with Gasteiger partial charge in [-0.2, -0.15) is 0 Å². The molecule has 648 valence electrons. The summed E-state index contributed by atoms with van der Waals surface area (Å²) in [4.78, 5) is 73.4. The van der Waals surface area contributed by atoms with Gasteiger partial charge in [0.15, 0.2) is 12.2 Å². The predicted molar refractivity (Wildman–Crippen MR) is 451 cm³/mol. The summed E-state index contributed by atoms with van der Waals surface area (Å²) in [6.45, 7) is 12.1. The van der Waals surface area contributed by atoms with Crippen molar-refractivity contribution in [1.29, 1.82) is 0 Å². The molecule has 0 amide bonds. The highest BCUT2D eigenvalue weighted by molar-refractivity contribution is 7.47. The lowest BCUT2D eigenvalue weighted by molar-refractivity contribution is -0.161. The van der Waals surface area contributed by atoms with E-state index in [1.54, 1.807) is 0 Å². The lowest BCUT2D eigenvalue weighted by Crippen LogP contribution is -2.30. The van der Waals surface area contributed by atoms with Crippen LogP contribution in [0.4, 0.5) is 0 Å². The number of aliphatic hydroxyl groups is 1. The van der Waals surface area contributed by atoms with Crippen molar-refractivity contribution in [2.75, 3.05) is 39.6 Å². The minimum absolute atomic E-state index is 0.108. The number of aliphatic hydroxyl groups excluding tert-OH is 1. The third kappa shape index (κ3) is 82.4. The fourth-order valence-corrected chi connectivity index (χ4v) is 15.6. The van der Waals surface area contributed by atoms with Crippen LogP contribution in [0.1, 0.15) is 479 Å². The van der Waals surface area contributed by atoms with Gasteiger partial charge >= 0.3 is 39.5 Å². The van der Waals surface area contributed by atoms with Crippen molar-refractivity contribution in [2.24, 2.45) is 17.8 Å². The number of phosphoric ester groups is 2. The average Bonchev–Trinajstić information content (AvgIpc) is 0.897. The Balaban J connectivity index is 5.27. The number of rotatable bonds is 88. The van der Waals surface area contributed by atoms with Crippen LogP contribution in [0.3, 0.4) is 0 Å². The highest BCUT2D eigenvalue weighted by Gasteiger charge is 2.31. The van der Waals surface area contributed by atoms with Gasteiger partial charge in [0.1, 0.15) is 19.3 Å². The second-order valence-corrected chi connectivity index (χ2v) is 36.4. The molecule has 0 aromatic rings. The summed E-state index contributed by atoms with van der Waals surface area (Å²) in [5.74, 6) is 0.371. The molecule has 0 radical (unpaired) electrons. The van der Waals surface area contributed by atoms with E-state index in [2.05, 4.69) is 48.5 Å². The second-order valence-electron chi connectivity index (χ2n) is 33.5. The Labute approximate surface area is 670 Å². The molecular formula is C90H176O17P2. The van der Waals surface area contributed by atoms with Crippen LogP contribution in [-0.2, 0) is 65.4 Å². The van der Waals surface area contributed by atoms with E-state index in [0.29, 0.717) is 25.7 Å². The molecule has 0 saturated carbocycles. The molecule has 0 heterocycles. The zero-order chi connectivity index (χ0) is 80.0. The molecule has 0 aliphatic heterocycles. The fourth-order valence-electron chi connectivity index (χ4n) is 14.0. The predicted octanol–water partition coefficient (Wildman–Crippen LogP) is 27.6. The molecule has 0 spiro atoms. The van der Waals surface area contributed by atoms with Gasteiger partial charge in [-0.25, -0.2) is 9.13 Å². The van der Waals surface area contributed by atoms with Crippen LogP contribution in [-0.4, -0.2) is 96.7 Å². The first-order valence-electron chi connectivity index (χ1n) is 46.4. The zero-order valence-electron chi connectivity index (χ0n) is 72.0. The molecule has 0 aromatic carbocycles. The number of carbonyl (C=O) groups is 4. The summed E-state index contributed by atoms with van der Waals surface area (Å²) in [6, 6.07) is 0. The normalized spacial score (nSPS) is 14.1. The molecule has 19 heteroatoms. The fraction of sp³-hybridized carbons (Fsp3) is 0.956. The van der Waals surface area contributed by atoms with Gasteiger partial charge in [0.05, 0.1) is 26.4 Å². The van der Waals surface area contributed by atoms with E-state index >= 15 is 0 Å². The Bertz CT molecular complexity index is 2100. The van der Waals surface area contributed by atoms with E-state index in [-0.39, 0.29) is 25.7 Å². The van der Waals surface area contributed by atoms with E-state index in [9.17, 15) is 43.2 Å². The molecule has 17 nitrogen and oxygen atoms in total. The number of phosphoric acid groups is 2. The molecular weight excluding hydrogens is 1410 g/mol. The summed E-state index contributed by atoms with van der Waals surface area (Å²) in [5.41, 5.74) is 0. The molecule has 0 rings (SSSR count). The lowest BCUT2D eigenvalue weighted by Gasteiger charge is -2.21. The van der Waals surface area contributed by atoms with E-state index in [0.717, 1.165) is 108 Å². The maximum Gasteiger partial charge on any atom is 0.472 e. The quantitative estimate of drug-likeness (QED) is 0.0222. The molecule has 109 heavy (non-hydrogen) atoms. The van der Waals surface area contributed by atoms with Gasteiger partial charge < -0.3 is 33.8 Å². The van der Waals surface area contributed by atoms with Gasteiger partial charge in [-0.05, 0) is 43.4 Å². The number of hydrogen-bond donors (Lipinski definition) is 3. The molecule has 0 aromatic heterocycles. The van der Waals surface area contributed by atoms with Crippen LogP contribution in [0.5, 0.6) is 0 Å². The minimum atomic E-state index is -4.97. The Morgan fingerprint density at radius 2 is 0.468 bits per heavy atom. The maximum absolute atomic E-state index is 13.2. The van der Waals surface area contributed by atoms with Crippen molar-refractivity contribution in [3.8, 4) is 0 Å². The van der Waals surface area contributed by atoms with Crippen molar-refractivity contribution in [3.63, 3.8) is 0 Å². The molecule has 0 bridgehead atoms. The minimum Gasteiger partial charge on any atom is -0.462 e. The summed E-state index contributed by atoms with van der Waals surface area (Å²) in [5, 5.41) is 10.7. The van der Waals surface area contributed by atoms with Crippen molar-refractivity contribution >= 4 is 39.5 Å². The van der Waals surface area contributed by atoms with Crippen molar-refractivity contribution in [2.45, 2.75) is 497 Å². The number of hydrogen-bond acceptors (Lipinski definition) is 15. The van der Waals surface area contributed by atoms with Crippen LogP contribution in [0.15, 0.2) is 0 Å². The molecule has 6 atom stereocenters. The first-order chi connectivity index (χ1) is 52.8. The molecule has 0 aliphatic rings.